The van der Waals surface area contributed by atoms with Gasteiger partial charge in [-0.2, -0.15) is 0 Å². The highest BCUT2D eigenvalue weighted by Crippen LogP contribution is 2.30. The van der Waals surface area contributed by atoms with Gasteiger partial charge in [0.15, 0.2) is 0 Å². The van der Waals surface area contributed by atoms with Gasteiger partial charge in [-0.25, -0.2) is 4.79 Å². The first-order valence-electron chi connectivity index (χ1n) is 5.62. The number of hydrogen-bond acceptors (Lipinski definition) is 4. The first-order valence-corrected chi connectivity index (χ1v) is 6.43. The number of nitrogens with one attached hydrogen (secondary N) is 1. The van der Waals surface area contributed by atoms with Crippen molar-refractivity contribution < 1.29 is 14.3 Å². The summed E-state index contributed by atoms with van der Waals surface area (Å²) < 4.78 is 4.56. The molecule has 0 radical (unpaired) electrons. The van der Waals surface area contributed by atoms with Gasteiger partial charge < -0.3 is 10.1 Å². The van der Waals surface area contributed by atoms with Gasteiger partial charge in [-0.15, -0.1) is 11.3 Å². The minimum atomic E-state index is -0.607. The molecule has 0 spiro atoms. The monoisotopic (exact) mass is 253 g/mol. The molecule has 1 aliphatic carbocycles. The maximum Gasteiger partial charge on any atom is 0.328 e. The zero-order valence-electron chi connectivity index (χ0n) is 9.91. The summed E-state index contributed by atoms with van der Waals surface area (Å²) in [6, 6.07) is 1.33. The fourth-order valence-electron chi connectivity index (χ4n) is 1.94. The molecule has 5 heteroatoms. The molecule has 2 rings (SSSR count). The highest BCUT2D eigenvalue weighted by molar-refractivity contribution is 7.14. The van der Waals surface area contributed by atoms with Crippen LogP contribution in [0.1, 0.15) is 33.5 Å². The second kappa shape index (κ2) is 4.87. The van der Waals surface area contributed by atoms with Crippen LogP contribution in [0.2, 0.25) is 0 Å². The molecular weight excluding hydrogens is 238 g/mol. The fourth-order valence-corrected chi connectivity index (χ4v) is 3.10. The zero-order valence-corrected chi connectivity index (χ0v) is 10.7. The number of carbonyl (C=O) groups excluding carboxylic acids is 2. The number of ether oxygens (including phenoxy) is 1. The Morgan fingerprint density at radius 2 is 2.24 bits per heavy atom. The predicted octanol–water partition coefficient (Wildman–Crippen LogP) is 1.53. The summed E-state index contributed by atoms with van der Waals surface area (Å²) in [7, 11) is 1.31. The quantitative estimate of drug-likeness (QED) is 0.831. The Hall–Kier alpha value is -1.36. The molecule has 0 aromatic carbocycles. The Morgan fingerprint density at radius 1 is 1.47 bits per heavy atom. The number of hydrogen-bond donors (Lipinski definition) is 1. The van der Waals surface area contributed by atoms with Crippen LogP contribution < -0.4 is 5.32 Å². The molecular formula is C12H15NO3S. The normalized spacial score (nSPS) is 15.2. The van der Waals surface area contributed by atoms with Gasteiger partial charge in [0.25, 0.3) is 5.91 Å². The number of aryl methyl sites for hydroxylation is 2. The molecule has 0 unspecified atom stereocenters. The molecule has 0 aliphatic heterocycles. The Labute approximate surface area is 104 Å². The van der Waals surface area contributed by atoms with Gasteiger partial charge in [0.1, 0.15) is 6.04 Å². The molecule has 0 saturated heterocycles. The molecule has 1 aromatic heterocycles. The summed E-state index contributed by atoms with van der Waals surface area (Å²) >= 11 is 1.53. The number of rotatable bonds is 3. The van der Waals surface area contributed by atoms with Crippen LogP contribution in [0.3, 0.4) is 0 Å². The van der Waals surface area contributed by atoms with Gasteiger partial charge >= 0.3 is 5.97 Å². The van der Waals surface area contributed by atoms with E-state index < -0.39 is 12.0 Å². The lowest BCUT2D eigenvalue weighted by Gasteiger charge is -2.10. The van der Waals surface area contributed by atoms with Crippen molar-refractivity contribution in [2.45, 2.75) is 32.2 Å². The Balaban J connectivity index is 2.02. The predicted molar refractivity (Wildman–Crippen MR) is 65.3 cm³/mol. The lowest BCUT2D eigenvalue weighted by molar-refractivity contribution is -0.142. The molecule has 1 atom stereocenters. The van der Waals surface area contributed by atoms with E-state index in [9.17, 15) is 9.59 Å². The molecule has 1 heterocycles. The van der Waals surface area contributed by atoms with Gasteiger partial charge in [0.2, 0.25) is 0 Å². The van der Waals surface area contributed by atoms with E-state index in [2.05, 4.69) is 10.1 Å². The number of fused-ring (bicyclic) bond motifs is 1. The van der Waals surface area contributed by atoms with Crippen LogP contribution in [-0.4, -0.2) is 25.0 Å². The van der Waals surface area contributed by atoms with Crippen LogP contribution in [0, 0.1) is 0 Å². The number of methoxy groups -OCH3 is 1. The smallest absolute Gasteiger partial charge is 0.328 e. The van der Waals surface area contributed by atoms with E-state index in [0.717, 1.165) is 12.8 Å². The minimum Gasteiger partial charge on any atom is -0.467 e. The summed E-state index contributed by atoms with van der Waals surface area (Å²) in [4.78, 5) is 25.0. The maximum absolute atomic E-state index is 11.9. The van der Waals surface area contributed by atoms with Crippen LogP contribution >= 0.6 is 11.3 Å². The van der Waals surface area contributed by atoms with Gasteiger partial charge in [0.05, 0.1) is 12.0 Å². The molecule has 1 amide bonds. The lowest BCUT2D eigenvalue weighted by Crippen LogP contribution is -2.38. The van der Waals surface area contributed by atoms with E-state index in [1.54, 1.807) is 6.92 Å². The largest absolute Gasteiger partial charge is 0.467 e. The van der Waals surface area contributed by atoms with Gasteiger partial charge in [0, 0.05) is 4.88 Å². The van der Waals surface area contributed by atoms with Gasteiger partial charge in [-0.1, -0.05) is 0 Å². The Bertz CT molecular complexity index is 431. The minimum absolute atomic E-state index is 0.192. The van der Waals surface area contributed by atoms with E-state index in [0.29, 0.717) is 4.88 Å². The van der Waals surface area contributed by atoms with Crippen molar-refractivity contribution in [3.05, 3.63) is 21.4 Å². The Kier molecular flexibility index (Phi) is 3.47. The Morgan fingerprint density at radius 3 is 2.88 bits per heavy atom. The average molecular weight is 253 g/mol. The average Bonchev–Trinajstić information content (AvgIpc) is 2.87. The van der Waals surface area contributed by atoms with Crippen molar-refractivity contribution in [3.63, 3.8) is 0 Å². The molecule has 92 valence electrons. The summed E-state index contributed by atoms with van der Waals surface area (Å²) in [6.45, 7) is 1.62. The second-order valence-electron chi connectivity index (χ2n) is 4.13. The number of amides is 1. The zero-order chi connectivity index (χ0) is 12.4. The van der Waals surface area contributed by atoms with Gasteiger partial charge in [-0.3, -0.25) is 4.79 Å². The summed E-state index contributed by atoms with van der Waals surface area (Å²) in [5, 5.41) is 2.63. The van der Waals surface area contributed by atoms with Crippen molar-refractivity contribution in [1.82, 2.24) is 5.32 Å². The second-order valence-corrected chi connectivity index (χ2v) is 5.27. The molecule has 0 fully saturated rings. The van der Waals surface area contributed by atoms with Gasteiger partial charge in [-0.05, 0) is 37.8 Å². The third-order valence-corrected chi connectivity index (χ3v) is 4.11. The number of carbonyl (C=O) groups is 2. The summed E-state index contributed by atoms with van der Waals surface area (Å²) in [6.07, 6.45) is 3.31. The van der Waals surface area contributed by atoms with Crippen molar-refractivity contribution in [2.75, 3.05) is 7.11 Å². The molecule has 17 heavy (non-hydrogen) atoms. The molecule has 1 N–H and O–H groups in total. The maximum atomic E-state index is 11.9. The molecule has 1 aliphatic rings. The van der Waals surface area contributed by atoms with Crippen molar-refractivity contribution in [2.24, 2.45) is 0 Å². The van der Waals surface area contributed by atoms with Crippen molar-refractivity contribution >= 4 is 23.2 Å². The molecule has 1 aromatic rings. The summed E-state index contributed by atoms with van der Waals surface area (Å²) in [5.74, 6) is -0.621. The summed E-state index contributed by atoms with van der Waals surface area (Å²) in [5.41, 5.74) is 1.28. The third-order valence-electron chi connectivity index (χ3n) is 2.87. The van der Waals surface area contributed by atoms with Crippen molar-refractivity contribution in [1.29, 1.82) is 0 Å². The van der Waals surface area contributed by atoms with Crippen molar-refractivity contribution in [3.8, 4) is 0 Å². The lowest BCUT2D eigenvalue weighted by atomic mass is 10.2. The standard InChI is InChI=1S/C12H15NO3S/c1-7(12(15)16-2)13-11(14)10-6-8-4-3-5-9(8)17-10/h6-7H,3-5H2,1-2H3,(H,13,14)/t7-/m0/s1. The van der Waals surface area contributed by atoms with Crippen LogP contribution in [0.5, 0.6) is 0 Å². The van der Waals surface area contributed by atoms with E-state index in [1.807, 2.05) is 6.07 Å². The number of thiophene rings is 1. The first kappa shape index (κ1) is 12.1. The SMILES string of the molecule is COC(=O)[C@H](C)NC(=O)c1cc2c(s1)CCC2. The topological polar surface area (TPSA) is 55.4 Å². The van der Waals surface area contributed by atoms with Crippen LogP contribution in [-0.2, 0) is 22.4 Å². The number of esters is 1. The first-order chi connectivity index (χ1) is 8.11. The van der Waals surface area contributed by atoms with E-state index >= 15 is 0 Å². The molecule has 0 saturated carbocycles. The highest BCUT2D eigenvalue weighted by Gasteiger charge is 2.21. The van der Waals surface area contributed by atoms with Crippen LogP contribution in [0.15, 0.2) is 6.07 Å². The van der Waals surface area contributed by atoms with E-state index in [-0.39, 0.29) is 5.91 Å². The van der Waals surface area contributed by atoms with E-state index in [1.165, 1.54) is 35.3 Å². The van der Waals surface area contributed by atoms with Crippen LogP contribution in [0.25, 0.3) is 0 Å². The van der Waals surface area contributed by atoms with E-state index in [4.69, 9.17) is 0 Å². The third kappa shape index (κ3) is 2.49. The fraction of sp³-hybridized carbons (Fsp3) is 0.500. The molecule has 0 bridgehead atoms. The molecule has 4 nitrogen and oxygen atoms in total. The highest BCUT2D eigenvalue weighted by atomic mass is 32.1. The van der Waals surface area contributed by atoms with Crippen LogP contribution in [0.4, 0.5) is 0 Å².